The molecule has 0 saturated heterocycles. The van der Waals surface area contributed by atoms with Gasteiger partial charge in [-0.25, -0.2) is 0 Å². The largest absolute Gasteiger partial charge is 0.325 e. The van der Waals surface area contributed by atoms with E-state index in [0.717, 1.165) is 16.7 Å². The first-order valence-electron chi connectivity index (χ1n) is 7.29. The summed E-state index contributed by atoms with van der Waals surface area (Å²) in [5.74, 6) is -0.761. The summed E-state index contributed by atoms with van der Waals surface area (Å²) in [5, 5.41) is 5.91. The predicted octanol–water partition coefficient (Wildman–Crippen LogP) is 4.23. The molecular formula is C18H19ClN2O2. The Labute approximate surface area is 140 Å². The van der Waals surface area contributed by atoms with Gasteiger partial charge in [0.25, 0.3) is 0 Å². The standard InChI is InChI=1S/C18H19ClN2O2/c1-11-8-13(3)18(14(19)9-11)21-17(23)10-16(22)20-15-7-5-4-6-12(15)2/h4-9H,10H2,1-3H3,(H,20,22)(H,21,23). The van der Waals surface area contributed by atoms with Crippen LogP contribution in [0.15, 0.2) is 36.4 Å². The van der Waals surface area contributed by atoms with E-state index in [1.165, 1.54) is 0 Å². The maximum Gasteiger partial charge on any atom is 0.233 e. The van der Waals surface area contributed by atoms with Gasteiger partial charge in [0.05, 0.1) is 10.7 Å². The summed E-state index contributed by atoms with van der Waals surface area (Å²) >= 11 is 6.15. The van der Waals surface area contributed by atoms with Crippen molar-refractivity contribution in [1.29, 1.82) is 0 Å². The molecule has 0 unspecified atom stereocenters. The molecule has 0 aliphatic heterocycles. The molecule has 0 saturated carbocycles. The summed E-state index contributed by atoms with van der Waals surface area (Å²) in [6.45, 7) is 5.69. The molecule has 2 aromatic carbocycles. The Bertz CT molecular complexity index is 733. The first kappa shape index (κ1) is 17.0. The molecule has 4 nitrogen and oxygen atoms in total. The number of amides is 2. The first-order chi connectivity index (χ1) is 10.9. The summed E-state index contributed by atoms with van der Waals surface area (Å²) in [5.41, 5.74) is 4.07. The number of carbonyl (C=O) groups excluding carboxylic acids is 2. The van der Waals surface area contributed by atoms with Gasteiger partial charge < -0.3 is 10.6 Å². The van der Waals surface area contributed by atoms with E-state index in [1.54, 1.807) is 12.1 Å². The number of hydrogen-bond acceptors (Lipinski definition) is 2. The van der Waals surface area contributed by atoms with Crippen LogP contribution in [-0.4, -0.2) is 11.8 Å². The van der Waals surface area contributed by atoms with Crippen molar-refractivity contribution >= 4 is 34.8 Å². The Hall–Kier alpha value is -2.33. The summed E-state index contributed by atoms with van der Waals surface area (Å²) in [6.07, 6.45) is -0.266. The molecule has 2 amide bonds. The van der Waals surface area contributed by atoms with Crippen LogP contribution in [0.25, 0.3) is 0 Å². The van der Waals surface area contributed by atoms with Crippen molar-refractivity contribution in [3.05, 3.63) is 58.1 Å². The highest BCUT2D eigenvalue weighted by Crippen LogP contribution is 2.27. The van der Waals surface area contributed by atoms with Crippen molar-refractivity contribution in [1.82, 2.24) is 0 Å². The highest BCUT2D eigenvalue weighted by Gasteiger charge is 2.14. The fourth-order valence-corrected chi connectivity index (χ4v) is 2.68. The third kappa shape index (κ3) is 4.57. The van der Waals surface area contributed by atoms with E-state index < -0.39 is 5.91 Å². The Morgan fingerprint density at radius 2 is 1.61 bits per heavy atom. The minimum atomic E-state index is -0.398. The number of anilines is 2. The summed E-state index contributed by atoms with van der Waals surface area (Å²) in [6, 6.07) is 11.1. The van der Waals surface area contributed by atoms with Crippen molar-refractivity contribution < 1.29 is 9.59 Å². The van der Waals surface area contributed by atoms with Gasteiger partial charge in [-0.15, -0.1) is 0 Å². The molecule has 0 fully saturated rings. The number of nitrogens with one attached hydrogen (secondary N) is 2. The van der Waals surface area contributed by atoms with E-state index >= 15 is 0 Å². The molecule has 0 atom stereocenters. The number of para-hydroxylation sites is 1. The Balaban J connectivity index is 2.00. The fraction of sp³-hybridized carbons (Fsp3) is 0.222. The van der Waals surface area contributed by atoms with Crippen molar-refractivity contribution in [2.24, 2.45) is 0 Å². The maximum atomic E-state index is 12.1. The second-order valence-corrected chi connectivity index (χ2v) is 5.93. The molecule has 2 N–H and O–H groups in total. The predicted molar refractivity (Wildman–Crippen MR) is 94.0 cm³/mol. The lowest BCUT2D eigenvalue weighted by Gasteiger charge is -2.12. The highest BCUT2D eigenvalue weighted by atomic mass is 35.5. The monoisotopic (exact) mass is 330 g/mol. The minimum absolute atomic E-state index is 0.266. The van der Waals surface area contributed by atoms with E-state index in [1.807, 2.05) is 45.0 Å². The molecular weight excluding hydrogens is 312 g/mol. The number of hydrogen-bond donors (Lipinski definition) is 2. The molecule has 0 aliphatic carbocycles. The maximum absolute atomic E-state index is 12.1. The van der Waals surface area contributed by atoms with E-state index in [9.17, 15) is 9.59 Å². The van der Waals surface area contributed by atoms with Crippen molar-refractivity contribution in [3.63, 3.8) is 0 Å². The molecule has 0 radical (unpaired) electrons. The van der Waals surface area contributed by atoms with E-state index in [4.69, 9.17) is 11.6 Å². The second kappa shape index (κ2) is 7.29. The lowest BCUT2D eigenvalue weighted by atomic mass is 10.1. The average molecular weight is 331 g/mol. The van der Waals surface area contributed by atoms with Gasteiger partial charge in [0.1, 0.15) is 6.42 Å². The highest BCUT2D eigenvalue weighted by molar-refractivity contribution is 6.34. The quantitative estimate of drug-likeness (QED) is 0.824. The topological polar surface area (TPSA) is 58.2 Å². The van der Waals surface area contributed by atoms with Gasteiger partial charge in [0, 0.05) is 5.69 Å². The van der Waals surface area contributed by atoms with E-state index in [-0.39, 0.29) is 12.3 Å². The number of rotatable bonds is 4. The zero-order valence-corrected chi connectivity index (χ0v) is 14.1. The minimum Gasteiger partial charge on any atom is -0.325 e. The molecule has 0 heterocycles. The molecule has 120 valence electrons. The van der Waals surface area contributed by atoms with Crippen molar-refractivity contribution in [2.75, 3.05) is 10.6 Å². The van der Waals surface area contributed by atoms with Gasteiger partial charge in [-0.05, 0) is 49.6 Å². The molecule has 0 spiro atoms. The van der Waals surface area contributed by atoms with Crippen molar-refractivity contribution in [3.8, 4) is 0 Å². The number of carbonyl (C=O) groups is 2. The second-order valence-electron chi connectivity index (χ2n) is 5.53. The average Bonchev–Trinajstić information content (AvgIpc) is 2.45. The molecule has 0 aromatic heterocycles. The van der Waals surface area contributed by atoms with Gasteiger partial charge in [0.15, 0.2) is 0 Å². The molecule has 2 aromatic rings. The summed E-state index contributed by atoms with van der Waals surface area (Å²) < 4.78 is 0. The molecule has 2 rings (SSSR count). The third-order valence-electron chi connectivity index (χ3n) is 3.44. The van der Waals surface area contributed by atoms with Crippen LogP contribution in [0.5, 0.6) is 0 Å². The number of benzene rings is 2. The lowest BCUT2D eigenvalue weighted by Crippen LogP contribution is -2.22. The van der Waals surface area contributed by atoms with Crippen LogP contribution in [0.2, 0.25) is 5.02 Å². The smallest absolute Gasteiger partial charge is 0.233 e. The Morgan fingerprint density at radius 3 is 2.26 bits per heavy atom. The van der Waals surface area contributed by atoms with Crippen LogP contribution in [0.3, 0.4) is 0 Å². The zero-order chi connectivity index (χ0) is 17.0. The van der Waals surface area contributed by atoms with Gasteiger partial charge in [-0.1, -0.05) is 35.9 Å². The number of aryl methyl sites for hydroxylation is 3. The van der Waals surface area contributed by atoms with Crippen LogP contribution >= 0.6 is 11.6 Å². The Morgan fingerprint density at radius 1 is 0.957 bits per heavy atom. The fourth-order valence-electron chi connectivity index (χ4n) is 2.31. The Kier molecular flexibility index (Phi) is 5.40. The SMILES string of the molecule is Cc1cc(C)c(NC(=O)CC(=O)Nc2ccccc2C)c(Cl)c1. The van der Waals surface area contributed by atoms with Gasteiger partial charge >= 0.3 is 0 Å². The van der Waals surface area contributed by atoms with Gasteiger partial charge in [-0.2, -0.15) is 0 Å². The number of halogens is 1. The van der Waals surface area contributed by atoms with E-state index in [0.29, 0.717) is 16.4 Å². The van der Waals surface area contributed by atoms with Crippen molar-refractivity contribution in [2.45, 2.75) is 27.2 Å². The van der Waals surface area contributed by atoms with Gasteiger partial charge in [0.2, 0.25) is 11.8 Å². The zero-order valence-electron chi connectivity index (χ0n) is 13.4. The lowest BCUT2D eigenvalue weighted by molar-refractivity contribution is -0.123. The van der Waals surface area contributed by atoms with Crippen LogP contribution < -0.4 is 10.6 Å². The van der Waals surface area contributed by atoms with Crippen LogP contribution in [-0.2, 0) is 9.59 Å². The molecule has 0 bridgehead atoms. The molecule has 23 heavy (non-hydrogen) atoms. The van der Waals surface area contributed by atoms with E-state index in [2.05, 4.69) is 10.6 Å². The van der Waals surface area contributed by atoms with Crippen LogP contribution in [0.1, 0.15) is 23.1 Å². The van der Waals surface area contributed by atoms with Crippen LogP contribution in [0.4, 0.5) is 11.4 Å². The van der Waals surface area contributed by atoms with Crippen LogP contribution in [0, 0.1) is 20.8 Å². The van der Waals surface area contributed by atoms with Gasteiger partial charge in [-0.3, -0.25) is 9.59 Å². The first-order valence-corrected chi connectivity index (χ1v) is 7.66. The third-order valence-corrected chi connectivity index (χ3v) is 3.73. The summed E-state index contributed by atoms with van der Waals surface area (Å²) in [4.78, 5) is 24.0. The molecule has 0 aliphatic rings. The summed E-state index contributed by atoms with van der Waals surface area (Å²) in [7, 11) is 0. The normalized spacial score (nSPS) is 10.3. The molecule has 5 heteroatoms.